The van der Waals surface area contributed by atoms with E-state index < -0.39 is 0 Å². The molecule has 0 radical (unpaired) electrons. The predicted octanol–water partition coefficient (Wildman–Crippen LogP) is 2.03. The molecule has 0 aromatic heterocycles. The summed E-state index contributed by atoms with van der Waals surface area (Å²) in [6.45, 7) is 9.66. The second-order valence-electron chi connectivity index (χ2n) is 7.95. The van der Waals surface area contributed by atoms with E-state index in [2.05, 4.69) is 34.4 Å². The maximum atomic E-state index is 11.9. The fraction of sp³-hybridized carbons (Fsp3) is 0.619. The Morgan fingerprint density at radius 2 is 1.78 bits per heavy atom. The molecule has 6 heteroatoms. The average Bonchev–Trinajstić information content (AvgIpc) is 2.63. The summed E-state index contributed by atoms with van der Waals surface area (Å²) in [4.78, 5) is 20.4. The van der Waals surface area contributed by atoms with Crippen molar-refractivity contribution < 1.29 is 4.79 Å². The molecule has 0 spiro atoms. The molecule has 150 valence electrons. The molecule has 1 amide bonds. The Balaban J connectivity index is 1.74. The molecule has 2 atom stereocenters. The molecule has 1 saturated heterocycles. The van der Waals surface area contributed by atoms with Crippen LogP contribution in [0.15, 0.2) is 29.3 Å². The minimum absolute atomic E-state index is 0.0216. The third-order valence-corrected chi connectivity index (χ3v) is 4.96. The lowest BCUT2D eigenvalue weighted by Crippen LogP contribution is -2.45. The first-order valence-electron chi connectivity index (χ1n) is 9.86. The highest BCUT2D eigenvalue weighted by Crippen LogP contribution is 2.20. The normalized spacial score (nSPS) is 21.0. The second-order valence-corrected chi connectivity index (χ2v) is 7.95. The van der Waals surface area contributed by atoms with E-state index in [4.69, 9.17) is 0 Å². The van der Waals surface area contributed by atoms with Crippen LogP contribution in [0.5, 0.6) is 0 Å². The van der Waals surface area contributed by atoms with Crippen molar-refractivity contribution in [1.29, 1.82) is 0 Å². The summed E-state index contributed by atoms with van der Waals surface area (Å²) in [7, 11) is 5.32. The van der Waals surface area contributed by atoms with E-state index in [1.807, 2.05) is 24.3 Å². The topological polar surface area (TPSA) is 60.0 Å². The lowest BCUT2D eigenvalue weighted by molar-refractivity contribution is 0.0827. The van der Waals surface area contributed by atoms with Crippen LogP contribution < -0.4 is 10.6 Å². The van der Waals surface area contributed by atoms with Crippen molar-refractivity contribution in [2.75, 3.05) is 47.3 Å². The fourth-order valence-corrected chi connectivity index (χ4v) is 3.74. The van der Waals surface area contributed by atoms with E-state index in [-0.39, 0.29) is 5.91 Å². The van der Waals surface area contributed by atoms with Gasteiger partial charge in [-0.05, 0) is 36.0 Å². The number of hydrogen-bond donors (Lipinski definition) is 2. The van der Waals surface area contributed by atoms with Gasteiger partial charge in [-0.3, -0.25) is 9.79 Å². The van der Waals surface area contributed by atoms with Crippen LogP contribution in [0.3, 0.4) is 0 Å². The lowest BCUT2D eigenvalue weighted by Gasteiger charge is -2.35. The van der Waals surface area contributed by atoms with Crippen LogP contribution in [0.4, 0.5) is 0 Å². The van der Waals surface area contributed by atoms with Gasteiger partial charge in [0.2, 0.25) is 0 Å². The number of hydrogen-bond acceptors (Lipinski definition) is 3. The zero-order chi connectivity index (χ0) is 19.8. The number of amides is 1. The summed E-state index contributed by atoms with van der Waals surface area (Å²) in [6.07, 6.45) is 1.34. The number of piperidine rings is 1. The Kier molecular flexibility index (Phi) is 8.10. The van der Waals surface area contributed by atoms with Gasteiger partial charge < -0.3 is 20.4 Å². The number of nitrogens with one attached hydrogen (secondary N) is 2. The first-order chi connectivity index (χ1) is 12.9. The standard InChI is InChI=1S/C21H35N5O/c1-16-12-17(2)15-26(14-16)11-10-23-21(22-3)24-13-18-6-8-19(9-7-18)20(27)25(4)5/h6-9,16-17H,10-15H2,1-5H3,(H2,22,23,24). The van der Waals surface area contributed by atoms with Crippen molar-refractivity contribution in [2.45, 2.75) is 26.8 Å². The smallest absolute Gasteiger partial charge is 0.253 e. The summed E-state index contributed by atoms with van der Waals surface area (Å²) in [5, 5.41) is 6.74. The van der Waals surface area contributed by atoms with E-state index in [0.29, 0.717) is 12.1 Å². The number of rotatable bonds is 6. The van der Waals surface area contributed by atoms with Gasteiger partial charge in [-0.2, -0.15) is 0 Å². The number of benzene rings is 1. The van der Waals surface area contributed by atoms with Gasteiger partial charge in [-0.25, -0.2) is 0 Å². The molecule has 2 N–H and O–H groups in total. The SMILES string of the molecule is CN=C(NCCN1CC(C)CC(C)C1)NCc1ccc(C(=O)N(C)C)cc1. The van der Waals surface area contributed by atoms with Crippen molar-refractivity contribution in [2.24, 2.45) is 16.8 Å². The largest absolute Gasteiger partial charge is 0.355 e. The number of carbonyl (C=O) groups excluding carboxylic acids is 1. The van der Waals surface area contributed by atoms with Crippen LogP contribution in [0.1, 0.15) is 36.2 Å². The highest BCUT2D eigenvalue weighted by atomic mass is 16.2. The maximum absolute atomic E-state index is 11.9. The zero-order valence-electron chi connectivity index (χ0n) is 17.5. The molecule has 0 aliphatic carbocycles. The van der Waals surface area contributed by atoms with Gasteiger partial charge in [-0.15, -0.1) is 0 Å². The molecule has 1 aromatic rings. The third kappa shape index (κ3) is 6.86. The quantitative estimate of drug-likeness (QED) is 0.592. The van der Waals surface area contributed by atoms with Crippen LogP contribution in [0.2, 0.25) is 0 Å². The van der Waals surface area contributed by atoms with Gasteiger partial charge in [0.15, 0.2) is 5.96 Å². The van der Waals surface area contributed by atoms with E-state index in [0.717, 1.165) is 36.4 Å². The summed E-state index contributed by atoms with van der Waals surface area (Å²) < 4.78 is 0. The first-order valence-corrected chi connectivity index (χ1v) is 9.86. The maximum Gasteiger partial charge on any atom is 0.253 e. The highest BCUT2D eigenvalue weighted by molar-refractivity contribution is 5.93. The van der Waals surface area contributed by atoms with Gasteiger partial charge in [0.1, 0.15) is 0 Å². The molecular formula is C21H35N5O. The van der Waals surface area contributed by atoms with Crippen LogP contribution >= 0.6 is 0 Å². The first kappa shape index (κ1) is 21.2. The predicted molar refractivity (Wildman–Crippen MR) is 112 cm³/mol. The van der Waals surface area contributed by atoms with Crippen molar-refractivity contribution in [3.8, 4) is 0 Å². The summed E-state index contributed by atoms with van der Waals surface area (Å²) >= 11 is 0. The third-order valence-electron chi connectivity index (χ3n) is 4.96. The fourth-order valence-electron chi connectivity index (χ4n) is 3.74. The molecule has 6 nitrogen and oxygen atoms in total. The molecule has 0 bridgehead atoms. The van der Waals surface area contributed by atoms with Gasteiger partial charge in [0, 0.05) is 59.4 Å². The Bertz CT molecular complexity index is 616. The van der Waals surface area contributed by atoms with Crippen LogP contribution in [-0.4, -0.2) is 69.0 Å². The van der Waals surface area contributed by atoms with Crippen LogP contribution in [-0.2, 0) is 6.54 Å². The monoisotopic (exact) mass is 373 g/mol. The number of guanidine groups is 1. The minimum atomic E-state index is 0.0216. The van der Waals surface area contributed by atoms with Crippen LogP contribution in [0.25, 0.3) is 0 Å². The van der Waals surface area contributed by atoms with E-state index >= 15 is 0 Å². The van der Waals surface area contributed by atoms with Crippen molar-refractivity contribution in [3.63, 3.8) is 0 Å². The van der Waals surface area contributed by atoms with Crippen molar-refractivity contribution >= 4 is 11.9 Å². The number of carbonyl (C=O) groups is 1. The summed E-state index contributed by atoms with van der Waals surface area (Å²) in [5.41, 5.74) is 1.82. The minimum Gasteiger partial charge on any atom is -0.355 e. The average molecular weight is 374 g/mol. The van der Waals surface area contributed by atoms with Gasteiger partial charge >= 0.3 is 0 Å². The molecular weight excluding hydrogens is 338 g/mol. The molecule has 2 rings (SSSR count). The Morgan fingerprint density at radius 3 is 2.33 bits per heavy atom. The summed E-state index contributed by atoms with van der Waals surface area (Å²) in [6, 6.07) is 7.70. The van der Waals surface area contributed by atoms with Crippen LogP contribution in [0, 0.1) is 11.8 Å². The Morgan fingerprint density at radius 1 is 1.15 bits per heavy atom. The molecule has 1 aliphatic rings. The number of nitrogens with zero attached hydrogens (tertiary/aromatic N) is 3. The molecule has 0 saturated carbocycles. The lowest BCUT2D eigenvalue weighted by atomic mass is 9.92. The zero-order valence-corrected chi connectivity index (χ0v) is 17.5. The van der Waals surface area contributed by atoms with E-state index in [1.165, 1.54) is 19.5 Å². The van der Waals surface area contributed by atoms with Gasteiger partial charge in [0.25, 0.3) is 5.91 Å². The molecule has 1 fully saturated rings. The Hall–Kier alpha value is -2.08. The molecule has 1 aliphatic heterocycles. The van der Waals surface area contributed by atoms with Gasteiger partial charge in [-0.1, -0.05) is 26.0 Å². The molecule has 27 heavy (non-hydrogen) atoms. The van der Waals surface area contributed by atoms with Crippen molar-refractivity contribution in [1.82, 2.24) is 20.4 Å². The highest BCUT2D eigenvalue weighted by Gasteiger charge is 2.21. The molecule has 1 aromatic carbocycles. The van der Waals surface area contributed by atoms with E-state index in [1.54, 1.807) is 26.0 Å². The number of likely N-dealkylation sites (tertiary alicyclic amines) is 1. The van der Waals surface area contributed by atoms with Gasteiger partial charge in [0.05, 0.1) is 0 Å². The summed E-state index contributed by atoms with van der Waals surface area (Å²) in [5.74, 6) is 2.40. The number of aliphatic imine (C=N–C) groups is 1. The van der Waals surface area contributed by atoms with Crippen molar-refractivity contribution in [3.05, 3.63) is 35.4 Å². The molecule has 2 unspecified atom stereocenters. The molecule has 1 heterocycles. The Labute approximate surface area is 164 Å². The second kappa shape index (κ2) is 10.3. The van der Waals surface area contributed by atoms with E-state index in [9.17, 15) is 4.79 Å².